The molecule has 3 heterocycles. The first kappa shape index (κ1) is 31.1. The maximum Gasteiger partial charge on any atom is 0.229 e. The van der Waals surface area contributed by atoms with E-state index in [0.29, 0.717) is 30.9 Å². The van der Waals surface area contributed by atoms with Gasteiger partial charge in [-0.2, -0.15) is 0 Å². The first-order valence-electron chi connectivity index (χ1n) is 16.4. The lowest BCUT2D eigenvalue weighted by molar-refractivity contribution is -0.162. The van der Waals surface area contributed by atoms with Crippen molar-refractivity contribution in [2.75, 3.05) is 41.0 Å². The van der Waals surface area contributed by atoms with Crippen LogP contribution >= 0.6 is 0 Å². The number of rotatable bonds is 10. The molecule has 10 heteroatoms. The summed E-state index contributed by atoms with van der Waals surface area (Å²) in [5, 5.41) is 7.03. The van der Waals surface area contributed by atoms with Crippen molar-refractivity contribution >= 4 is 11.8 Å². The molecule has 0 spiro atoms. The third-order valence-corrected chi connectivity index (χ3v) is 11.1. The molecule has 5 rings (SSSR count). The summed E-state index contributed by atoms with van der Waals surface area (Å²) in [5.41, 5.74) is 6.93. The van der Waals surface area contributed by atoms with Crippen molar-refractivity contribution in [3.05, 3.63) is 0 Å². The van der Waals surface area contributed by atoms with Crippen LogP contribution in [0.15, 0.2) is 0 Å². The molecule has 0 aromatic heterocycles. The Bertz CT molecular complexity index is 870. The van der Waals surface area contributed by atoms with Gasteiger partial charge >= 0.3 is 0 Å². The second-order valence-corrected chi connectivity index (χ2v) is 13.3. The SMILES string of the molecule is COC1CCC(CCN2C(N)C(C(=O)NCCC3CCC(OC)C(OC)C3)CC3C(=O)N4CCCCC4NC32)CC1. The third kappa shape index (κ3) is 7.10. The molecule has 10 nitrogen and oxygen atoms in total. The Morgan fingerprint density at radius 2 is 1.68 bits per heavy atom. The molecule has 2 aliphatic carbocycles. The van der Waals surface area contributed by atoms with E-state index in [4.69, 9.17) is 19.9 Å². The van der Waals surface area contributed by atoms with Gasteiger partial charge in [0, 0.05) is 41.0 Å². The van der Waals surface area contributed by atoms with Crippen LogP contribution in [-0.2, 0) is 23.8 Å². The fourth-order valence-electron chi connectivity index (χ4n) is 8.45. The summed E-state index contributed by atoms with van der Waals surface area (Å²) in [4.78, 5) is 31.7. The van der Waals surface area contributed by atoms with E-state index in [1.807, 2.05) is 12.0 Å². The minimum absolute atomic E-state index is 0.0102. The van der Waals surface area contributed by atoms with Gasteiger partial charge in [0.2, 0.25) is 11.8 Å². The lowest BCUT2D eigenvalue weighted by atomic mass is 9.79. The van der Waals surface area contributed by atoms with E-state index in [9.17, 15) is 9.59 Å². The van der Waals surface area contributed by atoms with Crippen molar-refractivity contribution in [3.63, 3.8) is 0 Å². The molecule has 4 N–H and O–H groups in total. The van der Waals surface area contributed by atoms with E-state index in [0.717, 1.165) is 77.3 Å². The molecule has 0 aromatic rings. The van der Waals surface area contributed by atoms with Crippen LogP contribution in [0.3, 0.4) is 0 Å². The van der Waals surface area contributed by atoms with E-state index in [-0.39, 0.29) is 42.3 Å². The minimum Gasteiger partial charge on any atom is -0.381 e. The van der Waals surface area contributed by atoms with Crippen molar-refractivity contribution in [1.82, 2.24) is 20.4 Å². The normalized spacial score (nSPS) is 40.1. The van der Waals surface area contributed by atoms with E-state index >= 15 is 0 Å². The Kier molecular flexibility index (Phi) is 11.0. The smallest absolute Gasteiger partial charge is 0.229 e. The van der Waals surface area contributed by atoms with Gasteiger partial charge in [0.05, 0.1) is 48.6 Å². The van der Waals surface area contributed by atoms with Crippen LogP contribution in [0.25, 0.3) is 0 Å². The number of fused-ring (bicyclic) bond motifs is 2. The van der Waals surface area contributed by atoms with Gasteiger partial charge in [0.15, 0.2) is 0 Å². The van der Waals surface area contributed by atoms with E-state index < -0.39 is 12.1 Å². The number of nitrogens with one attached hydrogen (secondary N) is 2. The predicted molar refractivity (Wildman–Crippen MR) is 156 cm³/mol. The number of nitrogens with zero attached hydrogens (tertiary/aromatic N) is 2. The van der Waals surface area contributed by atoms with Gasteiger partial charge in [-0.1, -0.05) is 0 Å². The van der Waals surface area contributed by atoms with Crippen LogP contribution in [0.1, 0.15) is 83.5 Å². The zero-order chi connectivity index (χ0) is 28.9. The molecular formula is C31H55N5O5. The zero-order valence-corrected chi connectivity index (χ0v) is 25.6. The van der Waals surface area contributed by atoms with Crippen LogP contribution in [0.5, 0.6) is 0 Å². The molecule has 2 saturated carbocycles. The highest BCUT2D eigenvalue weighted by Gasteiger charge is 2.52. The summed E-state index contributed by atoms with van der Waals surface area (Å²) < 4.78 is 16.8. The van der Waals surface area contributed by atoms with E-state index in [1.165, 1.54) is 12.8 Å². The van der Waals surface area contributed by atoms with Crippen molar-refractivity contribution in [1.29, 1.82) is 0 Å². The second kappa shape index (κ2) is 14.4. The maximum atomic E-state index is 13.8. The number of nitrogens with two attached hydrogens (primary N) is 1. The lowest BCUT2D eigenvalue weighted by Crippen LogP contribution is -2.74. The largest absolute Gasteiger partial charge is 0.381 e. The van der Waals surface area contributed by atoms with Crippen LogP contribution in [-0.4, -0.2) is 99.4 Å². The lowest BCUT2D eigenvalue weighted by Gasteiger charge is -2.55. The molecule has 234 valence electrons. The van der Waals surface area contributed by atoms with Crippen LogP contribution in [0, 0.1) is 23.7 Å². The van der Waals surface area contributed by atoms with Crippen LogP contribution in [0.2, 0.25) is 0 Å². The molecule has 5 aliphatic rings. The minimum atomic E-state index is -0.406. The quantitative estimate of drug-likeness (QED) is 0.362. The Balaban J connectivity index is 1.21. The summed E-state index contributed by atoms with van der Waals surface area (Å²) in [6, 6.07) is 0. The molecule has 3 aliphatic heterocycles. The molecule has 8 unspecified atom stereocenters. The monoisotopic (exact) mass is 577 g/mol. The van der Waals surface area contributed by atoms with Crippen LogP contribution < -0.4 is 16.4 Å². The highest BCUT2D eigenvalue weighted by Crippen LogP contribution is 2.38. The summed E-state index contributed by atoms with van der Waals surface area (Å²) in [7, 11) is 5.32. The van der Waals surface area contributed by atoms with Crippen molar-refractivity contribution in [2.24, 2.45) is 29.4 Å². The number of ether oxygens (including phenoxy) is 3. The predicted octanol–water partition coefficient (Wildman–Crippen LogP) is 2.41. The first-order chi connectivity index (χ1) is 19.9. The highest BCUT2D eigenvalue weighted by atomic mass is 16.5. The van der Waals surface area contributed by atoms with E-state index in [2.05, 4.69) is 15.5 Å². The molecule has 3 saturated heterocycles. The second-order valence-electron chi connectivity index (χ2n) is 13.3. The molecule has 41 heavy (non-hydrogen) atoms. The average Bonchev–Trinajstić information content (AvgIpc) is 3.00. The Morgan fingerprint density at radius 3 is 2.41 bits per heavy atom. The number of methoxy groups -OCH3 is 3. The fourth-order valence-corrected chi connectivity index (χ4v) is 8.45. The molecular weight excluding hydrogens is 522 g/mol. The molecule has 8 atom stereocenters. The van der Waals surface area contributed by atoms with Crippen molar-refractivity contribution < 1.29 is 23.8 Å². The number of amides is 2. The van der Waals surface area contributed by atoms with Gasteiger partial charge in [0.25, 0.3) is 0 Å². The topological polar surface area (TPSA) is 118 Å². The molecule has 5 fully saturated rings. The Hall–Kier alpha value is -1.30. The molecule has 0 aromatic carbocycles. The Morgan fingerprint density at radius 1 is 0.927 bits per heavy atom. The third-order valence-electron chi connectivity index (χ3n) is 11.1. The van der Waals surface area contributed by atoms with Gasteiger partial charge in [-0.25, -0.2) is 0 Å². The number of piperidine rings is 2. The molecule has 0 bridgehead atoms. The summed E-state index contributed by atoms with van der Waals surface area (Å²) >= 11 is 0. The van der Waals surface area contributed by atoms with Gasteiger partial charge in [0.1, 0.15) is 0 Å². The highest BCUT2D eigenvalue weighted by molar-refractivity contribution is 5.84. The Labute approximate surface area is 246 Å². The number of likely N-dealkylation sites (tertiary alicyclic amines) is 1. The van der Waals surface area contributed by atoms with Gasteiger partial charge in [-0.15, -0.1) is 0 Å². The number of hydrogen-bond acceptors (Lipinski definition) is 8. The maximum absolute atomic E-state index is 13.8. The van der Waals surface area contributed by atoms with E-state index in [1.54, 1.807) is 14.2 Å². The van der Waals surface area contributed by atoms with Gasteiger partial charge in [-0.3, -0.25) is 19.8 Å². The zero-order valence-electron chi connectivity index (χ0n) is 25.6. The molecule has 2 amide bonds. The average molecular weight is 578 g/mol. The summed E-state index contributed by atoms with van der Waals surface area (Å²) in [6.45, 7) is 2.24. The summed E-state index contributed by atoms with van der Waals surface area (Å²) in [6.07, 6.45) is 13.4. The van der Waals surface area contributed by atoms with Crippen molar-refractivity contribution in [2.45, 2.75) is 120 Å². The van der Waals surface area contributed by atoms with Gasteiger partial charge < -0.3 is 30.2 Å². The standard InChI is InChI=1S/C31H55N5O5/c1-39-22-10-7-20(8-11-22)14-17-36-28(32)23(19-24-29(36)34-27-6-4-5-16-35(27)31(24)38)30(37)33-15-13-21-9-12-25(40-2)26(18-21)41-3/h20-29,34H,4-19,32H2,1-3H3,(H,33,37). The fraction of sp³-hybridized carbons (Fsp3) is 0.935. The van der Waals surface area contributed by atoms with Gasteiger partial charge in [-0.05, 0) is 95.3 Å². The molecule has 0 radical (unpaired) electrons. The number of carbonyl (C=O) groups is 2. The summed E-state index contributed by atoms with van der Waals surface area (Å²) in [5.74, 6) is 0.689. The first-order valence-corrected chi connectivity index (χ1v) is 16.4. The van der Waals surface area contributed by atoms with Crippen LogP contribution in [0.4, 0.5) is 0 Å². The number of hydrogen-bond donors (Lipinski definition) is 3. The van der Waals surface area contributed by atoms with Crippen molar-refractivity contribution in [3.8, 4) is 0 Å². The number of carbonyl (C=O) groups excluding carboxylic acids is 2.